The van der Waals surface area contributed by atoms with Gasteiger partial charge in [-0.05, 0) is 64.2 Å². The topological polar surface area (TPSA) is 26.0 Å². The lowest BCUT2D eigenvalue weighted by atomic mass is 9.96. The normalized spacial score (nSPS) is 12.5. The Hall–Kier alpha value is -1.26. The molecule has 0 saturated heterocycles. The van der Waals surface area contributed by atoms with E-state index < -0.39 is 0 Å². The van der Waals surface area contributed by atoms with Crippen molar-refractivity contribution < 1.29 is 8.78 Å². The summed E-state index contributed by atoms with van der Waals surface area (Å²) in [4.78, 5) is 0. The van der Waals surface area contributed by atoms with Crippen LogP contribution in [0.25, 0.3) is 0 Å². The number of aryl methyl sites for hydroxylation is 1. The van der Waals surface area contributed by atoms with Crippen LogP contribution in [0.15, 0.2) is 40.9 Å². The predicted molar refractivity (Wildman–Crippen MR) is 75.9 cm³/mol. The number of nitrogens with two attached hydrogens (primary N) is 1. The molecule has 100 valence electrons. The van der Waals surface area contributed by atoms with Crippen LogP contribution in [0.4, 0.5) is 8.78 Å². The van der Waals surface area contributed by atoms with E-state index in [1.54, 1.807) is 18.2 Å². The van der Waals surface area contributed by atoms with E-state index in [0.717, 1.165) is 11.1 Å². The lowest BCUT2D eigenvalue weighted by molar-refractivity contribution is 0.606. The maximum Gasteiger partial charge on any atom is 0.137 e. The fourth-order valence-corrected chi connectivity index (χ4v) is 2.57. The maximum atomic E-state index is 13.5. The minimum atomic E-state index is -0.384. The van der Waals surface area contributed by atoms with Gasteiger partial charge in [-0.3, -0.25) is 0 Å². The summed E-state index contributed by atoms with van der Waals surface area (Å²) in [7, 11) is 0. The molecule has 0 bridgehead atoms. The lowest BCUT2D eigenvalue weighted by Crippen LogP contribution is -2.15. The van der Waals surface area contributed by atoms with Crippen LogP contribution in [0.3, 0.4) is 0 Å². The van der Waals surface area contributed by atoms with Gasteiger partial charge in [-0.2, -0.15) is 0 Å². The zero-order valence-electron chi connectivity index (χ0n) is 10.5. The molecule has 4 heteroatoms. The Kier molecular flexibility index (Phi) is 4.32. The van der Waals surface area contributed by atoms with Crippen molar-refractivity contribution in [2.24, 2.45) is 5.73 Å². The summed E-state index contributed by atoms with van der Waals surface area (Å²) in [5, 5.41) is 0. The van der Waals surface area contributed by atoms with Gasteiger partial charge in [-0.15, -0.1) is 0 Å². The van der Waals surface area contributed by atoms with Gasteiger partial charge in [0.2, 0.25) is 0 Å². The molecular formula is C15H14BrF2N. The van der Waals surface area contributed by atoms with Crippen molar-refractivity contribution in [1.29, 1.82) is 0 Å². The maximum absolute atomic E-state index is 13.5. The number of hydrogen-bond acceptors (Lipinski definition) is 1. The molecule has 1 unspecified atom stereocenters. The van der Waals surface area contributed by atoms with Gasteiger partial charge in [-0.25, -0.2) is 8.78 Å². The van der Waals surface area contributed by atoms with Crippen LogP contribution in [-0.4, -0.2) is 0 Å². The Morgan fingerprint density at radius 1 is 1.21 bits per heavy atom. The Morgan fingerprint density at radius 2 is 1.95 bits per heavy atom. The SMILES string of the molecule is Cc1ccc(F)cc1CC(N)c1cccc(F)c1Br. The van der Waals surface area contributed by atoms with Gasteiger partial charge in [0.25, 0.3) is 0 Å². The van der Waals surface area contributed by atoms with Crippen LogP contribution in [0.2, 0.25) is 0 Å². The standard InChI is InChI=1S/C15H14BrF2N/c1-9-5-6-11(17)7-10(9)8-14(19)12-3-2-4-13(18)15(12)16/h2-7,14H,8,19H2,1H3. The summed E-state index contributed by atoms with van der Waals surface area (Å²) in [6.07, 6.45) is 0.464. The summed E-state index contributed by atoms with van der Waals surface area (Å²) >= 11 is 3.20. The van der Waals surface area contributed by atoms with Crippen LogP contribution in [0.5, 0.6) is 0 Å². The van der Waals surface area contributed by atoms with E-state index in [4.69, 9.17) is 5.73 Å². The highest BCUT2D eigenvalue weighted by Gasteiger charge is 2.14. The Bertz CT molecular complexity index is 599. The zero-order valence-corrected chi connectivity index (χ0v) is 12.0. The number of halogens is 3. The Labute approximate surface area is 119 Å². The molecular weight excluding hydrogens is 312 g/mol. The quantitative estimate of drug-likeness (QED) is 0.895. The highest BCUT2D eigenvalue weighted by atomic mass is 79.9. The number of rotatable bonds is 3. The lowest BCUT2D eigenvalue weighted by Gasteiger charge is -2.16. The molecule has 2 aromatic carbocycles. The van der Waals surface area contributed by atoms with Crippen LogP contribution < -0.4 is 5.73 Å². The Balaban J connectivity index is 2.28. The van der Waals surface area contributed by atoms with Gasteiger partial charge in [0.1, 0.15) is 11.6 Å². The summed E-state index contributed by atoms with van der Waals surface area (Å²) in [6, 6.07) is 8.99. The van der Waals surface area contributed by atoms with Gasteiger partial charge < -0.3 is 5.73 Å². The molecule has 0 aliphatic rings. The first-order valence-electron chi connectivity index (χ1n) is 5.93. The van der Waals surface area contributed by atoms with Gasteiger partial charge in [0, 0.05) is 6.04 Å². The molecule has 2 rings (SSSR count). The first kappa shape index (κ1) is 14.2. The van der Waals surface area contributed by atoms with Crippen molar-refractivity contribution in [2.45, 2.75) is 19.4 Å². The second kappa shape index (κ2) is 5.80. The molecule has 0 aromatic heterocycles. The third-order valence-corrected chi connectivity index (χ3v) is 3.97. The zero-order chi connectivity index (χ0) is 14.0. The molecule has 0 aliphatic heterocycles. The molecule has 0 heterocycles. The van der Waals surface area contributed by atoms with E-state index in [-0.39, 0.29) is 17.7 Å². The largest absolute Gasteiger partial charge is 0.324 e. The van der Waals surface area contributed by atoms with Crippen molar-refractivity contribution in [1.82, 2.24) is 0 Å². The highest BCUT2D eigenvalue weighted by molar-refractivity contribution is 9.10. The molecule has 1 atom stereocenters. The van der Waals surface area contributed by atoms with Crippen molar-refractivity contribution in [2.75, 3.05) is 0 Å². The Morgan fingerprint density at radius 3 is 2.68 bits per heavy atom. The fraction of sp³-hybridized carbons (Fsp3) is 0.200. The molecule has 0 spiro atoms. The second-order valence-electron chi connectivity index (χ2n) is 4.52. The first-order chi connectivity index (χ1) is 8.99. The third-order valence-electron chi connectivity index (χ3n) is 3.13. The van der Waals surface area contributed by atoms with E-state index in [1.807, 2.05) is 6.92 Å². The van der Waals surface area contributed by atoms with Crippen LogP contribution in [-0.2, 0) is 6.42 Å². The number of benzene rings is 2. The van der Waals surface area contributed by atoms with Crippen LogP contribution in [0.1, 0.15) is 22.7 Å². The van der Waals surface area contributed by atoms with E-state index in [2.05, 4.69) is 15.9 Å². The van der Waals surface area contributed by atoms with Crippen LogP contribution >= 0.6 is 15.9 Å². The van der Waals surface area contributed by atoms with Crippen molar-refractivity contribution >= 4 is 15.9 Å². The van der Waals surface area contributed by atoms with Gasteiger partial charge in [0.05, 0.1) is 4.47 Å². The molecule has 0 radical (unpaired) electrons. The molecule has 0 saturated carbocycles. The van der Waals surface area contributed by atoms with E-state index >= 15 is 0 Å². The minimum Gasteiger partial charge on any atom is -0.324 e. The smallest absolute Gasteiger partial charge is 0.137 e. The van der Waals surface area contributed by atoms with Crippen molar-refractivity contribution in [3.8, 4) is 0 Å². The third kappa shape index (κ3) is 3.19. The molecule has 0 fully saturated rings. The van der Waals surface area contributed by atoms with Crippen molar-refractivity contribution in [3.63, 3.8) is 0 Å². The number of hydrogen-bond donors (Lipinski definition) is 1. The summed E-state index contributed by atoms with van der Waals surface area (Å²) in [5.74, 6) is -0.630. The monoisotopic (exact) mass is 325 g/mol. The molecule has 0 amide bonds. The van der Waals surface area contributed by atoms with Crippen molar-refractivity contribution in [3.05, 3.63) is 69.2 Å². The molecule has 1 nitrogen and oxygen atoms in total. The minimum absolute atomic E-state index is 0.286. The van der Waals surface area contributed by atoms with E-state index in [9.17, 15) is 8.78 Å². The average molecular weight is 326 g/mol. The predicted octanol–water partition coefficient (Wildman–Crippen LogP) is 4.28. The van der Waals surface area contributed by atoms with Crippen LogP contribution in [0, 0.1) is 18.6 Å². The molecule has 0 aliphatic carbocycles. The fourth-order valence-electron chi connectivity index (χ4n) is 2.01. The molecule has 19 heavy (non-hydrogen) atoms. The van der Waals surface area contributed by atoms with E-state index in [0.29, 0.717) is 16.5 Å². The van der Waals surface area contributed by atoms with Gasteiger partial charge >= 0.3 is 0 Å². The summed E-state index contributed by atoms with van der Waals surface area (Å²) in [5.41, 5.74) is 8.59. The summed E-state index contributed by atoms with van der Waals surface area (Å²) in [6.45, 7) is 1.90. The first-order valence-corrected chi connectivity index (χ1v) is 6.73. The molecule has 2 N–H and O–H groups in total. The van der Waals surface area contributed by atoms with Gasteiger partial charge in [-0.1, -0.05) is 18.2 Å². The average Bonchev–Trinajstić information content (AvgIpc) is 2.37. The second-order valence-corrected chi connectivity index (χ2v) is 5.32. The van der Waals surface area contributed by atoms with E-state index in [1.165, 1.54) is 18.2 Å². The highest BCUT2D eigenvalue weighted by Crippen LogP contribution is 2.27. The summed E-state index contributed by atoms with van der Waals surface area (Å²) < 4.78 is 27.1. The molecule has 2 aromatic rings. The van der Waals surface area contributed by atoms with Gasteiger partial charge in [0.15, 0.2) is 0 Å².